The smallest absolute Gasteiger partial charge is 0.260 e. The van der Waals surface area contributed by atoms with Gasteiger partial charge in [-0.2, -0.15) is 0 Å². The highest BCUT2D eigenvalue weighted by atomic mass is 32.2. The number of hydrogen-bond donors (Lipinski definition) is 1. The highest BCUT2D eigenvalue weighted by Gasteiger charge is 2.34. The van der Waals surface area contributed by atoms with Gasteiger partial charge in [0.05, 0.1) is 17.1 Å². The molecule has 1 heterocycles. The Morgan fingerprint density at radius 3 is 2.45 bits per heavy atom. The zero-order chi connectivity index (χ0) is 20.9. The summed E-state index contributed by atoms with van der Waals surface area (Å²) in [5.74, 6) is -0.251. The van der Waals surface area contributed by atoms with E-state index in [-0.39, 0.29) is 36.0 Å². The van der Waals surface area contributed by atoms with Crippen LogP contribution in [0.5, 0.6) is 5.75 Å². The number of ether oxygens (including phenoxy) is 1. The topological polar surface area (TPSA) is 92.8 Å². The molecule has 29 heavy (non-hydrogen) atoms. The fourth-order valence-electron chi connectivity index (χ4n) is 3.38. The first-order chi connectivity index (χ1) is 13.9. The van der Waals surface area contributed by atoms with E-state index >= 15 is 0 Å². The molecule has 1 unspecified atom stereocenters. The predicted octanol–water partition coefficient (Wildman–Crippen LogP) is 2.35. The molecule has 154 valence electrons. The lowest BCUT2D eigenvalue weighted by Gasteiger charge is -2.27. The Bertz CT molecular complexity index is 976. The molecule has 1 N–H and O–H groups in total. The van der Waals surface area contributed by atoms with Gasteiger partial charge >= 0.3 is 0 Å². The van der Waals surface area contributed by atoms with Gasteiger partial charge in [-0.1, -0.05) is 30.3 Å². The number of sulfone groups is 1. The number of anilines is 1. The quantitative estimate of drug-likeness (QED) is 0.748. The number of carbonyl (C=O) groups excluding carboxylic acids is 2. The highest BCUT2D eigenvalue weighted by Crippen LogP contribution is 2.21. The van der Waals surface area contributed by atoms with Gasteiger partial charge < -0.3 is 15.0 Å². The van der Waals surface area contributed by atoms with E-state index < -0.39 is 9.84 Å². The van der Waals surface area contributed by atoms with Crippen molar-refractivity contribution in [2.75, 3.05) is 30.0 Å². The summed E-state index contributed by atoms with van der Waals surface area (Å²) in [7, 11) is -3.09. The van der Waals surface area contributed by atoms with Crippen LogP contribution in [0.4, 0.5) is 5.69 Å². The van der Waals surface area contributed by atoms with Crippen LogP contribution in [0.1, 0.15) is 23.7 Å². The molecule has 0 aliphatic carbocycles. The van der Waals surface area contributed by atoms with Crippen molar-refractivity contribution < 1.29 is 22.7 Å². The number of nitrogens with zero attached hydrogens (tertiary/aromatic N) is 1. The number of hydrogen-bond acceptors (Lipinski definition) is 5. The molecule has 1 aliphatic heterocycles. The van der Waals surface area contributed by atoms with Crippen LogP contribution in [-0.4, -0.2) is 55.8 Å². The monoisotopic (exact) mass is 416 g/mol. The van der Waals surface area contributed by atoms with Gasteiger partial charge in [0.15, 0.2) is 16.4 Å². The molecule has 2 aromatic carbocycles. The summed E-state index contributed by atoms with van der Waals surface area (Å²) in [6.07, 6.45) is 0.442. The van der Waals surface area contributed by atoms with Crippen LogP contribution in [0.3, 0.4) is 0 Å². The third kappa shape index (κ3) is 5.35. The third-order valence-corrected chi connectivity index (χ3v) is 6.58. The minimum Gasteiger partial charge on any atom is -0.483 e. The zero-order valence-corrected chi connectivity index (χ0v) is 17.0. The number of carbonyl (C=O) groups is 2. The van der Waals surface area contributed by atoms with Crippen molar-refractivity contribution in [1.82, 2.24) is 4.90 Å². The number of benzene rings is 2. The van der Waals surface area contributed by atoms with Crippen molar-refractivity contribution in [2.45, 2.75) is 19.4 Å². The number of nitrogens with one attached hydrogen (secondary N) is 1. The second-order valence-electron chi connectivity index (χ2n) is 6.84. The molecule has 8 heteroatoms. The van der Waals surface area contributed by atoms with Gasteiger partial charge in [0.2, 0.25) is 0 Å². The van der Waals surface area contributed by atoms with Gasteiger partial charge in [-0.25, -0.2) is 8.42 Å². The van der Waals surface area contributed by atoms with Crippen molar-refractivity contribution in [1.29, 1.82) is 0 Å². The van der Waals surface area contributed by atoms with Crippen LogP contribution < -0.4 is 10.1 Å². The SMILES string of the molecule is CCN(C(=O)COc1ccccc1C(=O)Nc1ccccc1)C1CCS(=O)(=O)C1. The maximum atomic E-state index is 12.6. The second kappa shape index (κ2) is 9.09. The number of likely N-dealkylation sites (N-methyl/N-ethyl adjacent to an activating group) is 1. The lowest BCUT2D eigenvalue weighted by molar-refractivity contribution is -0.135. The molecule has 0 saturated carbocycles. The molecule has 0 aromatic heterocycles. The Balaban J connectivity index is 1.66. The van der Waals surface area contributed by atoms with Crippen molar-refractivity contribution in [3.8, 4) is 5.75 Å². The van der Waals surface area contributed by atoms with E-state index in [1.807, 2.05) is 25.1 Å². The Kier molecular flexibility index (Phi) is 6.53. The van der Waals surface area contributed by atoms with E-state index in [1.54, 1.807) is 36.4 Å². The van der Waals surface area contributed by atoms with Crippen LogP contribution in [0, 0.1) is 0 Å². The number of amides is 2. The van der Waals surface area contributed by atoms with Crippen LogP contribution in [0.25, 0.3) is 0 Å². The molecule has 1 aliphatic rings. The molecule has 0 spiro atoms. The lowest BCUT2D eigenvalue weighted by Crippen LogP contribution is -2.43. The summed E-state index contributed by atoms with van der Waals surface area (Å²) < 4.78 is 29.1. The highest BCUT2D eigenvalue weighted by molar-refractivity contribution is 7.91. The molecule has 1 saturated heterocycles. The van der Waals surface area contributed by atoms with E-state index in [4.69, 9.17) is 4.74 Å². The minimum absolute atomic E-state index is 0.0113. The Labute approximate surface area is 170 Å². The third-order valence-electron chi connectivity index (χ3n) is 4.82. The lowest BCUT2D eigenvalue weighted by atomic mass is 10.2. The van der Waals surface area contributed by atoms with Gasteiger partial charge in [-0.15, -0.1) is 0 Å². The Morgan fingerprint density at radius 2 is 1.79 bits per heavy atom. The van der Waals surface area contributed by atoms with Gasteiger partial charge in [0.1, 0.15) is 5.75 Å². The summed E-state index contributed by atoms with van der Waals surface area (Å²) in [5.41, 5.74) is 0.971. The van der Waals surface area contributed by atoms with E-state index in [0.29, 0.717) is 30.0 Å². The molecule has 1 fully saturated rings. The average Bonchev–Trinajstić information content (AvgIpc) is 3.07. The normalized spacial score (nSPS) is 17.5. The molecular formula is C21H24N2O5S. The minimum atomic E-state index is -3.09. The van der Waals surface area contributed by atoms with Gasteiger partial charge in [0, 0.05) is 18.3 Å². The fourth-order valence-corrected chi connectivity index (χ4v) is 5.11. The predicted molar refractivity (Wildman–Crippen MR) is 111 cm³/mol. The molecule has 3 rings (SSSR count). The van der Waals surface area contributed by atoms with Crippen LogP contribution in [0.2, 0.25) is 0 Å². The molecule has 2 amide bonds. The summed E-state index contributed by atoms with van der Waals surface area (Å²) in [6.45, 7) is 1.95. The number of rotatable bonds is 7. The summed E-state index contributed by atoms with van der Waals surface area (Å²) in [5, 5.41) is 2.79. The van der Waals surface area contributed by atoms with Crippen molar-refractivity contribution >= 4 is 27.3 Å². The van der Waals surface area contributed by atoms with Gasteiger partial charge in [0.25, 0.3) is 11.8 Å². The first-order valence-corrected chi connectivity index (χ1v) is 11.3. The molecule has 0 bridgehead atoms. The second-order valence-corrected chi connectivity index (χ2v) is 9.07. The van der Waals surface area contributed by atoms with Crippen molar-refractivity contribution in [3.63, 3.8) is 0 Å². The molecule has 0 radical (unpaired) electrons. The molecule has 1 atom stereocenters. The standard InChI is InChI=1S/C21H24N2O5S/c1-2-23(17-12-13-29(26,27)15-17)20(24)14-28-19-11-7-6-10-18(19)21(25)22-16-8-4-3-5-9-16/h3-11,17H,2,12-15H2,1H3,(H,22,25). The van der Waals surface area contributed by atoms with Gasteiger partial charge in [-0.3, -0.25) is 9.59 Å². The summed E-state index contributed by atoms with van der Waals surface area (Å²) >= 11 is 0. The van der Waals surface area contributed by atoms with Crippen LogP contribution >= 0.6 is 0 Å². The van der Waals surface area contributed by atoms with Crippen molar-refractivity contribution in [2.24, 2.45) is 0 Å². The fraction of sp³-hybridized carbons (Fsp3) is 0.333. The van der Waals surface area contributed by atoms with Gasteiger partial charge in [-0.05, 0) is 37.6 Å². The van der Waals surface area contributed by atoms with Crippen LogP contribution in [0.15, 0.2) is 54.6 Å². The summed E-state index contributed by atoms with van der Waals surface area (Å²) in [6, 6.07) is 15.4. The van der Waals surface area contributed by atoms with E-state index in [1.165, 1.54) is 4.90 Å². The van der Waals surface area contributed by atoms with E-state index in [0.717, 1.165) is 0 Å². The maximum Gasteiger partial charge on any atom is 0.260 e. The first-order valence-electron chi connectivity index (χ1n) is 9.47. The summed E-state index contributed by atoms with van der Waals surface area (Å²) in [4.78, 5) is 26.8. The largest absolute Gasteiger partial charge is 0.483 e. The maximum absolute atomic E-state index is 12.6. The Hall–Kier alpha value is -2.87. The zero-order valence-electron chi connectivity index (χ0n) is 16.2. The van der Waals surface area contributed by atoms with Crippen molar-refractivity contribution in [3.05, 3.63) is 60.2 Å². The Morgan fingerprint density at radius 1 is 1.10 bits per heavy atom. The number of para-hydroxylation sites is 2. The molecule has 2 aromatic rings. The van der Waals surface area contributed by atoms with E-state index in [2.05, 4.69) is 5.32 Å². The van der Waals surface area contributed by atoms with E-state index in [9.17, 15) is 18.0 Å². The van der Waals surface area contributed by atoms with Crippen LogP contribution in [-0.2, 0) is 14.6 Å². The average molecular weight is 416 g/mol. The first kappa shape index (κ1) is 20.9. The molecule has 7 nitrogen and oxygen atoms in total. The molecular weight excluding hydrogens is 392 g/mol.